The number of rotatable bonds is 6. The van der Waals surface area contributed by atoms with Crippen LogP contribution in [0.25, 0.3) is 16.6 Å². The summed E-state index contributed by atoms with van der Waals surface area (Å²) < 4.78 is 15.1. The Bertz CT molecular complexity index is 1390. The quantitative estimate of drug-likeness (QED) is 0.374. The van der Waals surface area contributed by atoms with Gasteiger partial charge in [0.25, 0.3) is 11.5 Å². The zero-order valence-electron chi connectivity index (χ0n) is 19.8. The molecule has 0 saturated carbocycles. The summed E-state index contributed by atoms with van der Waals surface area (Å²) in [6, 6.07) is 19.9. The molecule has 6 heteroatoms. The van der Waals surface area contributed by atoms with Gasteiger partial charge in [0.15, 0.2) is 0 Å². The number of hydrogen-bond acceptors (Lipinski definition) is 3. The molecule has 0 spiro atoms. The maximum Gasteiger partial charge on any atom is 0.266 e. The lowest BCUT2D eigenvalue weighted by molar-refractivity contribution is 0.0655. The van der Waals surface area contributed by atoms with E-state index < -0.39 is 11.9 Å². The largest absolute Gasteiger partial charge is 0.328 e. The molecule has 0 aliphatic rings. The molecule has 5 nitrogen and oxygen atoms in total. The Hall–Kier alpha value is -3.80. The number of fused-ring (bicyclic) bond motifs is 1. The van der Waals surface area contributed by atoms with Crippen LogP contribution in [0.15, 0.2) is 77.6 Å². The number of benzene rings is 3. The third kappa shape index (κ3) is 4.62. The van der Waals surface area contributed by atoms with Crippen molar-refractivity contribution in [2.24, 2.45) is 5.92 Å². The zero-order chi connectivity index (χ0) is 24.4. The minimum Gasteiger partial charge on any atom is -0.328 e. The van der Waals surface area contributed by atoms with Gasteiger partial charge < -0.3 is 4.90 Å². The van der Waals surface area contributed by atoms with E-state index in [2.05, 4.69) is 0 Å². The highest BCUT2D eigenvalue weighted by molar-refractivity contribution is 5.94. The van der Waals surface area contributed by atoms with Gasteiger partial charge in [-0.15, -0.1) is 0 Å². The Balaban J connectivity index is 1.92. The fraction of sp³-hybridized carbons (Fsp3) is 0.250. The van der Waals surface area contributed by atoms with E-state index in [1.807, 2.05) is 70.2 Å². The highest BCUT2D eigenvalue weighted by Crippen LogP contribution is 2.26. The van der Waals surface area contributed by atoms with Crippen molar-refractivity contribution in [3.63, 3.8) is 0 Å². The average molecular weight is 458 g/mol. The lowest BCUT2D eigenvalue weighted by Gasteiger charge is -2.32. The Morgan fingerprint density at radius 2 is 1.71 bits per heavy atom. The maximum atomic E-state index is 13.7. The predicted octanol–water partition coefficient (Wildman–Crippen LogP) is 5.69. The topological polar surface area (TPSA) is 55.2 Å². The van der Waals surface area contributed by atoms with Crippen molar-refractivity contribution >= 4 is 16.8 Å². The van der Waals surface area contributed by atoms with Crippen LogP contribution in [0.1, 0.15) is 48.6 Å². The monoisotopic (exact) mass is 457 g/mol. The Morgan fingerprint density at radius 1 is 1.00 bits per heavy atom. The summed E-state index contributed by atoms with van der Waals surface area (Å²) in [6.07, 6.45) is 0. The molecule has 1 heterocycles. The van der Waals surface area contributed by atoms with Crippen LogP contribution < -0.4 is 5.56 Å². The van der Waals surface area contributed by atoms with Crippen LogP contribution >= 0.6 is 0 Å². The van der Waals surface area contributed by atoms with Crippen LogP contribution in [0.5, 0.6) is 0 Å². The summed E-state index contributed by atoms with van der Waals surface area (Å²) in [4.78, 5) is 33.8. The first kappa shape index (κ1) is 23.4. The summed E-state index contributed by atoms with van der Waals surface area (Å²) >= 11 is 0. The van der Waals surface area contributed by atoms with E-state index in [0.29, 0.717) is 34.5 Å². The van der Waals surface area contributed by atoms with Gasteiger partial charge in [-0.25, -0.2) is 9.37 Å². The molecule has 0 radical (unpaired) electrons. The standard InChI is InChI=1S/C28H28FN3O2/c1-18(2)17-31(27(33)21-12-14-22(29)15-13-21)20(4)26-30-25-11-6-5-10-24(25)28(34)32(26)23-9-7-8-19(3)16-23/h5-16,18,20H,17H2,1-4H3. The molecule has 4 rings (SSSR count). The third-order valence-corrected chi connectivity index (χ3v) is 5.82. The predicted molar refractivity (Wildman–Crippen MR) is 133 cm³/mol. The molecule has 1 atom stereocenters. The SMILES string of the molecule is Cc1cccc(-n2c(C(C)N(CC(C)C)C(=O)c3ccc(F)cc3)nc3ccccc3c2=O)c1. The van der Waals surface area contributed by atoms with Crippen molar-refractivity contribution in [2.45, 2.75) is 33.7 Å². The molecular formula is C28H28FN3O2. The van der Waals surface area contributed by atoms with Crippen molar-refractivity contribution in [2.75, 3.05) is 6.54 Å². The normalized spacial score (nSPS) is 12.2. The van der Waals surface area contributed by atoms with Crippen LogP contribution in [-0.2, 0) is 0 Å². The summed E-state index contributed by atoms with van der Waals surface area (Å²) in [5, 5.41) is 0.514. The van der Waals surface area contributed by atoms with Gasteiger partial charge in [-0.1, -0.05) is 38.1 Å². The molecular weight excluding hydrogens is 429 g/mol. The highest BCUT2D eigenvalue weighted by atomic mass is 19.1. The van der Waals surface area contributed by atoms with E-state index in [9.17, 15) is 14.0 Å². The number of para-hydroxylation sites is 1. The molecule has 4 aromatic rings. The minimum absolute atomic E-state index is 0.173. The Morgan fingerprint density at radius 3 is 2.38 bits per heavy atom. The first-order valence-electron chi connectivity index (χ1n) is 11.4. The van der Waals surface area contributed by atoms with E-state index in [1.54, 1.807) is 15.5 Å². The van der Waals surface area contributed by atoms with Gasteiger partial charge in [0.05, 0.1) is 22.6 Å². The third-order valence-electron chi connectivity index (χ3n) is 5.82. The van der Waals surface area contributed by atoms with Crippen LogP contribution in [0.4, 0.5) is 4.39 Å². The molecule has 1 unspecified atom stereocenters. The molecule has 34 heavy (non-hydrogen) atoms. The van der Waals surface area contributed by atoms with Crippen LogP contribution in [0.2, 0.25) is 0 Å². The Labute approximate surface area is 198 Å². The van der Waals surface area contributed by atoms with Crippen molar-refractivity contribution in [3.05, 3.63) is 106 Å². The fourth-order valence-corrected chi connectivity index (χ4v) is 4.15. The van der Waals surface area contributed by atoms with Crippen LogP contribution in [-0.4, -0.2) is 26.9 Å². The second-order valence-electron chi connectivity index (χ2n) is 9.00. The fourth-order valence-electron chi connectivity index (χ4n) is 4.15. The second kappa shape index (κ2) is 9.59. The lowest BCUT2D eigenvalue weighted by atomic mass is 10.1. The van der Waals surface area contributed by atoms with Crippen molar-refractivity contribution in [3.8, 4) is 5.69 Å². The van der Waals surface area contributed by atoms with Gasteiger partial charge in [-0.2, -0.15) is 0 Å². The molecule has 0 aliphatic carbocycles. The maximum absolute atomic E-state index is 13.7. The molecule has 0 saturated heterocycles. The van der Waals surface area contributed by atoms with Crippen LogP contribution in [0, 0.1) is 18.7 Å². The van der Waals surface area contributed by atoms with Gasteiger partial charge in [0.2, 0.25) is 0 Å². The van der Waals surface area contributed by atoms with E-state index in [4.69, 9.17) is 4.98 Å². The average Bonchev–Trinajstić information content (AvgIpc) is 2.82. The van der Waals surface area contributed by atoms with E-state index >= 15 is 0 Å². The molecule has 3 aromatic carbocycles. The Kier molecular flexibility index (Phi) is 6.59. The number of amides is 1. The van der Waals surface area contributed by atoms with Gasteiger partial charge in [0, 0.05) is 12.1 Å². The molecule has 0 fully saturated rings. The molecule has 1 aromatic heterocycles. The first-order valence-corrected chi connectivity index (χ1v) is 11.4. The molecule has 0 aliphatic heterocycles. The second-order valence-corrected chi connectivity index (χ2v) is 9.00. The van der Waals surface area contributed by atoms with Crippen LogP contribution in [0.3, 0.4) is 0 Å². The molecule has 0 N–H and O–H groups in total. The smallest absolute Gasteiger partial charge is 0.266 e. The number of aromatic nitrogens is 2. The minimum atomic E-state index is -0.516. The lowest BCUT2D eigenvalue weighted by Crippen LogP contribution is -2.39. The number of halogens is 1. The summed E-state index contributed by atoms with van der Waals surface area (Å²) in [5.41, 5.74) is 2.49. The first-order chi connectivity index (χ1) is 16.3. The number of hydrogen-bond donors (Lipinski definition) is 0. The highest BCUT2D eigenvalue weighted by Gasteiger charge is 2.28. The number of carbonyl (C=O) groups is 1. The van der Waals surface area contributed by atoms with Gasteiger partial charge in [-0.3, -0.25) is 14.2 Å². The van der Waals surface area contributed by atoms with Gasteiger partial charge in [-0.05, 0) is 73.9 Å². The van der Waals surface area contributed by atoms with E-state index in [-0.39, 0.29) is 17.4 Å². The van der Waals surface area contributed by atoms with E-state index in [0.717, 1.165) is 5.56 Å². The zero-order valence-corrected chi connectivity index (χ0v) is 19.8. The summed E-state index contributed by atoms with van der Waals surface area (Å²) in [7, 11) is 0. The summed E-state index contributed by atoms with van der Waals surface area (Å²) in [5.74, 6) is 0.0146. The van der Waals surface area contributed by atoms with E-state index in [1.165, 1.54) is 24.3 Å². The number of nitrogens with zero attached hydrogens (tertiary/aromatic N) is 3. The van der Waals surface area contributed by atoms with Gasteiger partial charge in [0.1, 0.15) is 11.6 Å². The number of carbonyl (C=O) groups excluding carboxylic acids is 1. The van der Waals surface area contributed by atoms with Crippen molar-refractivity contribution in [1.82, 2.24) is 14.5 Å². The molecule has 0 bridgehead atoms. The van der Waals surface area contributed by atoms with Crippen molar-refractivity contribution in [1.29, 1.82) is 0 Å². The summed E-state index contributed by atoms with van der Waals surface area (Å²) in [6.45, 7) is 8.36. The number of aryl methyl sites for hydroxylation is 1. The molecule has 1 amide bonds. The van der Waals surface area contributed by atoms with Crippen molar-refractivity contribution < 1.29 is 9.18 Å². The van der Waals surface area contributed by atoms with Gasteiger partial charge >= 0.3 is 0 Å². The molecule has 174 valence electrons.